The van der Waals surface area contributed by atoms with E-state index >= 15 is 0 Å². The highest BCUT2D eigenvalue weighted by molar-refractivity contribution is 9.10. The third kappa shape index (κ3) is 2.48. The van der Waals surface area contributed by atoms with Crippen molar-refractivity contribution in [2.75, 3.05) is 12.4 Å². The van der Waals surface area contributed by atoms with E-state index < -0.39 is 5.41 Å². The van der Waals surface area contributed by atoms with E-state index in [4.69, 9.17) is 4.74 Å². The second-order valence-electron chi connectivity index (χ2n) is 6.74. The maximum atomic E-state index is 13.5. The van der Waals surface area contributed by atoms with Crippen molar-refractivity contribution in [1.29, 1.82) is 0 Å². The Morgan fingerprint density at radius 3 is 1.93 bits per heavy atom. The fraction of sp³-hybridized carbons (Fsp3) is 0.136. The van der Waals surface area contributed by atoms with Crippen LogP contribution in [0, 0.1) is 6.92 Å². The molecule has 0 fully saturated rings. The quantitative estimate of drug-likeness (QED) is 0.562. The Morgan fingerprint density at radius 1 is 0.964 bits per heavy atom. The molecule has 1 aliphatic rings. The highest BCUT2D eigenvalue weighted by Crippen LogP contribution is 2.52. The maximum Gasteiger partial charge on any atom is 0.244 e. The molecule has 1 amide bonds. The second-order valence-corrected chi connectivity index (χ2v) is 7.53. The first-order valence-corrected chi connectivity index (χ1v) is 9.47. The molecule has 0 aromatic heterocycles. The minimum Gasteiger partial charge on any atom is -0.508 e. The van der Waals surface area contributed by atoms with Crippen LogP contribution in [0.5, 0.6) is 17.2 Å². The van der Waals surface area contributed by atoms with Crippen molar-refractivity contribution in [1.82, 2.24) is 0 Å². The lowest BCUT2D eigenvalue weighted by Gasteiger charge is -2.29. The molecule has 3 aromatic rings. The number of rotatable bonds is 3. The molecule has 28 heavy (non-hydrogen) atoms. The number of benzene rings is 3. The van der Waals surface area contributed by atoms with Crippen LogP contribution >= 0.6 is 15.9 Å². The summed E-state index contributed by atoms with van der Waals surface area (Å²) < 4.78 is 6.30. The standard InChI is InChI=1S/C22H18BrNO4/c1-12-19(23)18(28-2)11-17-20(12)24-21(27)22(17,13-3-7-15(25)8-4-13)14-5-9-16(26)10-6-14/h3-11,25-26H,1-2H3,(H,24,27). The molecule has 1 heterocycles. The van der Waals surface area contributed by atoms with E-state index in [2.05, 4.69) is 21.2 Å². The maximum absolute atomic E-state index is 13.5. The van der Waals surface area contributed by atoms with Crippen LogP contribution in [0.3, 0.4) is 0 Å². The summed E-state index contributed by atoms with van der Waals surface area (Å²) in [5.41, 5.74) is 2.61. The SMILES string of the molecule is COc1cc2c(c(C)c1Br)NC(=O)C2(c1ccc(O)cc1)c1ccc(O)cc1. The normalized spacial score (nSPS) is 14.5. The Bertz CT molecular complexity index is 1030. The predicted octanol–water partition coefficient (Wildman–Crippen LogP) is 4.46. The van der Waals surface area contributed by atoms with E-state index in [1.54, 1.807) is 55.6 Å². The van der Waals surface area contributed by atoms with Crippen LogP contribution in [0.15, 0.2) is 59.1 Å². The third-order valence-corrected chi connectivity index (χ3v) is 6.25. The minimum atomic E-state index is -1.14. The topological polar surface area (TPSA) is 78.8 Å². The van der Waals surface area contributed by atoms with E-state index in [0.717, 1.165) is 21.3 Å². The molecule has 0 saturated carbocycles. The van der Waals surface area contributed by atoms with Crippen LogP contribution in [0.2, 0.25) is 0 Å². The van der Waals surface area contributed by atoms with Crippen molar-refractivity contribution in [2.24, 2.45) is 0 Å². The number of ether oxygens (including phenoxy) is 1. The average molecular weight is 440 g/mol. The van der Waals surface area contributed by atoms with E-state index in [0.29, 0.717) is 16.9 Å². The molecule has 4 rings (SSSR count). The van der Waals surface area contributed by atoms with Crippen LogP contribution in [-0.4, -0.2) is 23.2 Å². The molecule has 0 saturated heterocycles. The molecule has 0 radical (unpaired) electrons. The lowest BCUT2D eigenvalue weighted by Crippen LogP contribution is -2.37. The first-order chi connectivity index (χ1) is 13.4. The van der Waals surface area contributed by atoms with E-state index in [9.17, 15) is 15.0 Å². The molecular formula is C22H18BrNO4. The molecule has 5 nitrogen and oxygen atoms in total. The lowest BCUT2D eigenvalue weighted by molar-refractivity contribution is -0.118. The van der Waals surface area contributed by atoms with Gasteiger partial charge in [-0.1, -0.05) is 24.3 Å². The van der Waals surface area contributed by atoms with E-state index in [1.165, 1.54) is 0 Å². The smallest absolute Gasteiger partial charge is 0.244 e. The molecule has 3 aromatic carbocycles. The van der Waals surface area contributed by atoms with Gasteiger partial charge in [-0.05, 0) is 69.9 Å². The van der Waals surface area contributed by atoms with Crippen molar-refractivity contribution in [3.05, 3.63) is 81.3 Å². The number of aromatic hydroxyl groups is 2. The number of phenols is 2. The van der Waals surface area contributed by atoms with Gasteiger partial charge in [0.1, 0.15) is 22.7 Å². The van der Waals surface area contributed by atoms with E-state index in [-0.39, 0.29) is 17.4 Å². The summed E-state index contributed by atoms with van der Waals surface area (Å²) in [6, 6.07) is 15.0. The predicted molar refractivity (Wildman–Crippen MR) is 110 cm³/mol. The highest BCUT2D eigenvalue weighted by Gasteiger charge is 2.51. The van der Waals surface area contributed by atoms with Gasteiger partial charge in [0.25, 0.3) is 0 Å². The highest BCUT2D eigenvalue weighted by atomic mass is 79.9. The zero-order valence-corrected chi connectivity index (χ0v) is 16.9. The summed E-state index contributed by atoms with van der Waals surface area (Å²) >= 11 is 3.54. The molecule has 1 aliphatic heterocycles. The zero-order valence-electron chi connectivity index (χ0n) is 15.3. The second kappa shape index (κ2) is 6.56. The molecule has 142 valence electrons. The summed E-state index contributed by atoms with van der Waals surface area (Å²) in [5.74, 6) is 0.650. The first-order valence-electron chi connectivity index (χ1n) is 8.67. The molecule has 0 bridgehead atoms. The van der Waals surface area contributed by atoms with Crippen LogP contribution in [0.25, 0.3) is 0 Å². The number of phenolic OH excluding ortho intramolecular Hbond substituents is 2. The minimum absolute atomic E-state index is 0.118. The Morgan fingerprint density at radius 2 is 1.46 bits per heavy atom. The lowest BCUT2D eigenvalue weighted by atomic mass is 9.70. The fourth-order valence-corrected chi connectivity index (χ4v) is 4.34. The molecule has 3 N–H and O–H groups in total. The molecule has 0 spiro atoms. The number of fused-ring (bicyclic) bond motifs is 1. The van der Waals surface area contributed by atoms with Crippen LogP contribution in [0.1, 0.15) is 22.3 Å². The van der Waals surface area contributed by atoms with Gasteiger partial charge in [-0.3, -0.25) is 4.79 Å². The number of methoxy groups -OCH3 is 1. The summed E-state index contributed by atoms with van der Waals surface area (Å²) in [7, 11) is 1.58. The molecule has 0 unspecified atom stereocenters. The Hall–Kier alpha value is -2.99. The van der Waals surface area contributed by atoms with Crippen LogP contribution in [0.4, 0.5) is 5.69 Å². The van der Waals surface area contributed by atoms with Crippen molar-refractivity contribution in [3.63, 3.8) is 0 Å². The molecular weight excluding hydrogens is 422 g/mol. The first kappa shape index (κ1) is 18.4. The molecule has 6 heteroatoms. The van der Waals surface area contributed by atoms with Gasteiger partial charge in [-0.2, -0.15) is 0 Å². The Labute approximate surface area is 170 Å². The van der Waals surface area contributed by atoms with Crippen LogP contribution < -0.4 is 10.1 Å². The fourth-order valence-electron chi connectivity index (χ4n) is 3.86. The summed E-state index contributed by atoms with van der Waals surface area (Å²) in [5, 5.41) is 22.5. The zero-order chi connectivity index (χ0) is 20.1. The van der Waals surface area contributed by atoms with Gasteiger partial charge in [0.2, 0.25) is 5.91 Å². The number of hydrogen-bond donors (Lipinski definition) is 3. The summed E-state index contributed by atoms with van der Waals surface area (Å²) in [6.45, 7) is 1.91. The number of carbonyl (C=O) groups is 1. The molecule has 0 atom stereocenters. The molecule has 0 aliphatic carbocycles. The van der Waals surface area contributed by atoms with Gasteiger partial charge >= 0.3 is 0 Å². The number of hydrogen-bond acceptors (Lipinski definition) is 4. The van der Waals surface area contributed by atoms with Gasteiger partial charge in [0, 0.05) is 5.56 Å². The number of halogens is 1. The number of nitrogens with one attached hydrogen (secondary N) is 1. The average Bonchev–Trinajstić information content (AvgIpc) is 2.99. The number of anilines is 1. The summed E-state index contributed by atoms with van der Waals surface area (Å²) in [6.07, 6.45) is 0. The third-order valence-electron chi connectivity index (χ3n) is 5.27. The Balaban J connectivity index is 2.11. The Kier molecular flexibility index (Phi) is 4.31. The van der Waals surface area contributed by atoms with Crippen LogP contribution in [-0.2, 0) is 10.2 Å². The number of carbonyl (C=O) groups excluding carboxylic acids is 1. The van der Waals surface area contributed by atoms with Gasteiger partial charge in [0.15, 0.2) is 0 Å². The monoisotopic (exact) mass is 439 g/mol. The van der Waals surface area contributed by atoms with Gasteiger partial charge in [-0.25, -0.2) is 0 Å². The summed E-state index contributed by atoms with van der Waals surface area (Å²) in [4.78, 5) is 13.5. The van der Waals surface area contributed by atoms with Crippen molar-refractivity contribution in [3.8, 4) is 17.2 Å². The van der Waals surface area contributed by atoms with Crippen molar-refractivity contribution < 1.29 is 19.7 Å². The van der Waals surface area contributed by atoms with Gasteiger partial charge in [0.05, 0.1) is 17.3 Å². The van der Waals surface area contributed by atoms with Gasteiger partial charge in [-0.15, -0.1) is 0 Å². The number of amides is 1. The largest absolute Gasteiger partial charge is 0.508 e. The van der Waals surface area contributed by atoms with Crippen molar-refractivity contribution in [2.45, 2.75) is 12.3 Å². The van der Waals surface area contributed by atoms with Gasteiger partial charge < -0.3 is 20.3 Å². The van der Waals surface area contributed by atoms with E-state index in [1.807, 2.05) is 13.0 Å². The van der Waals surface area contributed by atoms with Crippen molar-refractivity contribution >= 4 is 27.5 Å².